The van der Waals surface area contributed by atoms with Crippen LogP contribution in [-0.4, -0.2) is 44.8 Å². The second-order valence-corrected chi connectivity index (χ2v) is 7.40. The highest BCUT2D eigenvalue weighted by atomic mass is 35.5. The zero-order valence-corrected chi connectivity index (χ0v) is 16.5. The summed E-state index contributed by atoms with van der Waals surface area (Å²) < 4.78 is 0.0628. The van der Waals surface area contributed by atoms with Gasteiger partial charge >= 0.3 is 0 Å². The van der Waals surface area contributed by atoms with Crippen molar-refractivity contribution in [1.29, 1.82) is 0 Å². The third-order valence-electron chi connectivity index (χ3n) is 3.97. The summed E-state index contributed by atoms with van der Waals surface area (Å²) in [6.07, 6.45) is 0. The largest absolute Gasteiger partial charge is 0.368 e. The average Bonchev–Trinajstić information content (AvgIpc) is 2.59. The molecule has 0 unspecified atom stereocenters. The first-order valence-electron chi connectivity index (χ1n) is 8.09. The van der Waals surface area contributed by atoms with Gasteiger partial charge in [-0.25, -0.2) is 0 Å². The Bertz CT molecular complexity index is 898. The number of amides is 2. The zero-order chi connectivity index (χ0) is 20.2. The van der Waals surface area contributed by atoms with Gasteiger partial charge in [0, 0.05) is 16.7 Å². The van der Waals surface area contributed by atoms with Gasteiger partial charge in [-0.3, -0.25) is 18.9 Å². The molecule has 0 saturated carbocycles. The van der Waals surface area contributed by atoms with Crippen molar-refractivity contribution in [2.45, 2.75) is 0 Å². The first-order chi connectivity index (χ1) is 12.6. The summed E-state index contributed by atoms with van der Waals surface area (Å²) in [6, 6.07) is 11.6. The van der Waals surface area contributed by atoms with Crippen LogP contribution in [0.4, 0.5) is 5.69 Å². The van der Waals surface area contributed by atoms with Crippen LogP contribution in [0, 0.1) is 0 Å². The quantitative estimate of drug-likeness (QED) is 0.544. The summed E-state index contributed by atoms with van der Waals surface area (Å²) in [4.78, 5) is 36.1. The van der Waals surface area contributed by atoms with Crippen LogP contribution in [0.15, 0.2) is 42.5 Å². The number of hydrogen-bond donors (Lipinski definition) is 2. The lowest BCUT2D eigenvalue weighted by Gasteiger charge is -2.30. The Balaban J connectivity index is 2.40. The number of carbonyl (C=O) groups excluding carboxylic acids is 3. The number of benzene rings is 2. The number of quaternary nitrogens is 1. The molecule has 0 atom stereocenters. The van der Waals surface area contributed by atoms with Gasteiger partial charge in [0.15, 0.2) is 6.54 Å². The number of nitrogens with one attached hydrogen (secondary N) is 1. The van der Waals surface area contributed by atoms with Gasteiger partial charge in [-0.1, -0.05) is 35.3 Å². The van der Waals surface area contributed by atoms with Gasteiger partial charge in [0.1, 0.15) is 5.69 Å². The molecule has 0 aliphatic rings. The number of ketones is 1. The highest BCUT2D eigenvalue weighted by Gasteiger charge is 2.30. The molecule has 0 aliphatic carbocycles. The lowest BCUT2D eigenvalue weighted by atomic mass is 10.00. The third-order valence-corrected chi connectivity index (χ3v) is 4.54. The SMILES string of the molecule is C[N+](C)(CC(=O)NCC(N)=O)c1ccc(Cl)cc1C(=O)c1ccccc1Cl. The average molecular weight is 409 g/mol. The number of rotatable bonds is 7. The van der Waals surface area contributed by atoms with Crippen LogP contribution < -0.4 is 15.5 Å². The fourth-order valence-electron chi connectivity index (χ4n) is 2.69. The molecule has 0 aromatic heterocycles. The predicted molar refractivity (Wildman–Crippen MR) is 107 cm³/mol. The molecule has 3 N–H and O–H groups in total. The van der Waals surface area contributed by atoms with E-state index in [1.807, 2.05) is 0 Å². The Labute approximate surface area is 167 Å². The Morgan fingerprint density at radius 1 is 1.04 bits per heavy atom. The number of halogens is 2. The van der Waals surface area contributed by atoms with Crippen LogP contribution in [0.5, 0.6) is 0 Å². The molecule has 0 radical (unpaired) electrons. The van der Waals surface area contributed by atoms with Crippen LogP contribution in [-0.2, 0) is 9.59 Å². The van der Waals surface area contributed by atoms with Crippen molar-refractivity contribution < 1.29 is 14.4 Å². The molecule has 27 heavy (non-hydrogen) atoms. The highest BCUT2D eigenvalue weighted by molar-refractivity contribution is 6.35. The summed E-state index contributed by atoms with van der Waals surface area (Å²) in [6.45, 7) is -0.247. The molecule has 2 rings (SSSR count). The van der Waals surface area contributed by atoms with Gasteiger partial charge in [-0.15, -0.1) is 0 Å². The lowest BCUT2D eigenvalue weighted by Crippen LogP contribution is -2.50. The molecule has 0 saturated heterocycles. The maximum atomic E-state index is 13.1. The van der Waals surface area contributed by atoms with E-state index >= 15 is 0 Å². The second-order valence-electron chi connectivity index (χ2n) is 6.56. The molecular weight excluding hydrogens is 389 g/mol. The van der Waals surface area contributed by atoms with Crippen molar-refractivity contribution in [3.8, 4) is 0 Å². The predicted octanol–water partition coefficient (Wildman–Crippen LogP) is 2.39. The minimum absolute atomic E-state index is 0.00227. The maximum absolute atomic E-state index is 13.1. The van der Waals surface area contributed by atoms with Gasteiger partial charge in [-0.05, 0) is 24.3 Å². The molecular formula is C19H20Cl2N3O3+. The Morgan fingerprint density at radius 3 is 2.33 bits per heavy atom. The van der Waals surface area contributed by atoms with Crippen LogP contribution in [0.25, 0.3) is 0 Å². The number of nitrogens with two attached hydrogens (primary N) is 1. The summed E-state index contributed by atoms with van der Waals surface area (Å²) >= 11 is 12.3. The van der Waals surface area contributed by atoms with Crippen molar-refractivity contribution in [2.75, 3.05) is 27.2 Å². The van der Waals surface area contributed by atoms with Crippen molar-refractivity contribution in [1.82, 2.24) is 9.80 Å². The standard InChI is InChI=1S/C19H19Cl2N3O3/c1-24(2,11-18(26)23-10-17(22)25)16-8-7-12(20)9-14(16)19(27)13-5-3-4-6-15(13)21/h3-9H,10-11H2,1-2H3,(H2-,22,23,25,26)/p+1. The van der Waals surface area contributed by atoms with Crippen LogP contribution in [0.3, 0.4) is 0 Å². The Hall–Kier alpha value is -2.41. The molecule has 0 heterocycles. The van der Waals surface area contributed by atoms with Gasteiger partial charge < -0.3 is 11.1 Å². The molecule has 2 amide bonds. The van der Waals surface area contributed by atoms with E-state index in [-0.39, 0.29) is 29.3 Å². The van der Waals surface area contributed by atoms with Gasteiger partial charge in [0.2, 0.25) is 11.7 Å². The molecule has 0 bridgehead atoms. The molecule has 142 valence electrons. The number of hydrogen-bond acceptors (Lipinski definition) is 3. The molecule has 0 spiro atoms. The van der Waals surface area contributed by atoms with E-state index in [9.17, 15) is 14.4 Å². The maximum Gasteiger partial charge on any atom is 0.276 e. The van der Waals surface area contributed by atoms with E-state index in [4.69, 9.17) is 28.9 Å². The number of likely N-dealkylation sites (N-methyl/N-ethyl adjacent to an activating group) is 1. The van der Waals surface area contributed by atoms with E-state index in [2.05, 4.69) is 5.32 Å². The number of nitrogens with zero attached hydrogens (tertiary/aromatic N) is 1. The molecule has 0 aliphatic heterocycles. The second kappa shape index (κ2) is 8.52. The van der Waals surface area contributed by atoms with Crippen molar-refractivity contribution in [3.63, 3.8) is 0 Å². The molecule has 2 aromatic rings. The highest BCUT2D eigenvalue weighted by Crippen LogP contribution is 2.31. The smallest absolute Gasteiger partial charge is 0.276 e. The van der Waals surface area contributed by atoms with Crippen molar-refractivity contribution in [3.05, 3.63) is 63.6 Å². The first-order valence-corrected chi connectivity index (χ1v) is 8.85. The third kappa shape index (κ3) is 5.29. The lowest BCUT2D eigenvalue weighted by molar-refractivity contribution is -0.125. The minimum Gasteiger partial charge on any atom is -0.368 e. The van der Waals surface area contributed by atoms with Crippen LogP contribution >= 0.6 is 23.2 Å². The normalized spacial score (nSPS) is 11.1. The molecule has 6 nitrogen and oxygen atoms in total. The zero-order valence-electron chi connectivity index (χ0n) is 15.0. The summed E-state index contributed by atoms with van der Waals surface area (Å²) in [5, 5.41) is 3.17. The fourth-order valence-corrected chi connectivity index (χ4v) is 3.09. The van der Waals surface area contributed by atoms with E-state index in [0.29, 0.717) is 26.9 Å². The van der Waals surface area contributed by atoms with Crippen molar-refractivity contribution >= 4 is 46.5 Å². The van der Waals surface area contributed by atoms with Crippen LogP contribution in [0.1, 0.15) is 15.9 Å². The molecule has 2 aromatic carbocycles. The van der Waals surface area contributed by atoms with Crippen LogP contribution in [0.2, 0.25) is 10.0 Å². The Morgan fingerprint density at radius 2 is 1.70 bits per heavy atom. The minimum atomic E-state index is -0.630. The van der Waals surface area contributed by atoms with E-state index in [1.54, 1.807) is 56.6 Å². The Kier molecular flexibility index (Phi) is 6.59. The van der Waals surface area contributed by atoms with Gasteiger partial charge in [-0.2, -0.15) is 0 Å². The first kappa shape index (κ1) is 20.9. The fraction of sp³-hybridized carbons (Fsp3) is 0.211. The monoisotopic (exact) mass is 408 g/mol. The summed E-state index contributed by atoms with van der Waals surface area (Å²) in [7, 11) is 3.55. The summed E-state index contributed by atoms with van der Waals surface area (Å²) in [5.74, 6) is -1.29. The van der Waals surface area contributed by atoms with Gasteiger partial charge in [0.25, 0.3) is 5.91 Å². The van der Waals surface area contributed by atoms with Crippen molar-refractivity contribution in [2.24, 2.45) is 5.73 Å². The molecule has 8 heteroatoms. The molecule has 0 fully saturated rings. The van der Waals surface area contributed by atoms with E-state index in [0.717, 1.165) is 0 Å². The summed E-state index contributed by atoms with van der Waals surface area (Å²) in [5.41, 5.74) is 6.34. The van der Waals surface area contributed by atoms with E-state index in [1.165, 1.54) is 0 Å². The topological polar surface area (TPSA) is 89.3 Å². The van der Waals surface area contributed by atoms with E-state index < -0.39 is 5.91 Å². The number of carbonyl (C=O) groups is 3. The number of primary amides is 1. The van der Waals surface area contributed by atoms with Gasteiger partial charge in [0.05, 0.1) is 31.2 Å².